The highest BCUT2D eigenvalue weighted by atomic mass is 16.3. The van der Waals surface area contributed by atoms with Crippen molar-refractivity contribution in [2.45, 2.75) is 26.4 Å². The van der Waals surface area contributed by atoms with E-state index in [2.05, 4.69) is 4.99 Å². The Bertz CT molecular complexity index is 839. The third-order valence-corrected chi connectivity index (χ3v) is 4.72. The van der Waals surface area contributed by atoms with E-state index < -0.39 is 0 Å². The first-order valence-electron chi connectivity index (χ1n) is 7.86. The molecule has 0 unspecified atom stereocenters. The minimum atomic E-state index is 0.0430. The van der Waals surface area contributed by atoms with Crippen LogP contribution >= 0.6 is 0 Å². The summed E-state index contributed by atoms with van der Waals surface area (Å²) in [5.74, 6) is 0.295. The monoisotopic (exact) mass is 306 g/mol. The number of phenols is 1. The molecule has 0 spiro atoms. The molecule has 4 nitrogen and oxygen atoms in total. The number of rotatable bonds is 1. The quantitative estimate of drug-likeness (QED) is 0.880. The van der Waals surface area contributed by atoms with E-state index in [9.17, 15) is 9.90 Å². The van der Waals surface area contributed by atoms with E-state index in [0.717, 1.165) is 23.3 Å². The molecule has 1 N–H and O–H groups in total. The average molecular weight is 306 g/mol. The van der Waals surface area contributed by atoms with Crippen molar-refractivity contribution < 1.29 is 9.90 Å². The van der Waals surface area contributed by atoms with Crippen molar-refractivity contribution in [1.29, 1.82) is 0 Å². The predicted molar refractivity (Wildman–Crippen MR) is 88.9 cm³/mol. The number of carbonyl (C=O) groups is 1. The Morgan fingerprint density at radius 1 is 1.13 bits per heavy atom. The topological polar surface area (TPSA) is 52.9 Å². The summed E-state index contributed by atoms with van der Waals surface area (Å²) < 4.78 is 0. The summed E-state index contributed by atoms with van der Waals surface area (Å²) in [5.41, 5.74) is 6.23. The minimum Gasteiger partial charge on any atom is -0.508 e. The number of hydrogen-bond donors (Lipinski definition) is 1. The fourth-order valence-electron chi connectivity index (χ4n) is 3.37. The van der Waals surface area contributed by atoms with Gasteiger partial charge in [0.1, 0.15) is 5.75 Å². The van der Waals surface area contributed by atoms with E-state index in [1.807, 2.05) is 36.1 Å². The van der Waals surface area contributed by atoms with Crippen LogP contribution in [0.25, 0.3) is 0 Å². The molecule has 2 aromatic rings. The van der Waals surface area contributed by atoms with Crippen molar-refractivity contribution in [3.63, 3.8) is 0 Å². The molecule has 23 heavy (non-hydrogen) atoms. The molecular formula is C19H18N2O2. The average Bonchev–Trinajstić information content (AvgIpc) is 2.94. The summed E-state index contributed by atoms with van der Waals surface area (Å²) in [7, 11) is 0. The van der Waals surface area contributed by atoms with Gasteiger partial charge in [-0.25, -0.2) is 0 Å². The maximum Gasteiger partial charge on any atom is 0.254 e. The summed E-state index contributed by atoms with van der Waals surface area (Å²) in [5, 5.41) is 9.65. The lowest BCUT2D eigenvalue weighted by Gasteiger charge is -2.29. The van der Waals surface area contributed by atoms with Gasteiger partial charge < -0.3 is 10.0 Å². The van der Waals surface area contributed by atoms with E-state index >= 15 is 0 Å². The fraction of sp³-hybridized carbons (Fsp3) is 0.263. The molecule has 2 heterocycles. The molecule has 0 bridgehead atoms. The van der Waals surface area contributed by atoms with Gasteiger partial charge in [0, 0.05) is 29.9 Å². The molecule has 4 heteroatoms. The van der Waals surface area contributed by atoms with Gasteiger partial charge in [-0.15, -0.1) is 0 Å². The molecule has 0 radical (unpaired) electrons. The van der Waals surface area contributed by atoms with Crippen LogP contribution in [0.1, 0.15) is 39.5 Å². The zero-order valence-corrected chi connectivity index (χ0v) is 13.0. The molecule has 0 saturated heterocycles. The molecule has 0 aromatic heterocycles. The van der Waals surface area contributed by atoms with Gasteiger partial charge in [-0.05, 0) is 54.3 Å². The summed E-state index contributed by atoms with van der Waals surface area (Å²) in [6, 6.07) is 11.3. The zero-order valence-electron chi connectivity index (χ0n) is 13.0. The summed E-state index contributed by atoms with van der Waals surface area (Å²) >= 11 is 0. The van der Waals surface area contributed by atoms with Gasteiger partial charge in [0.25, 0.3) is 5.91 Å². The van der Waals surface area contributed by atoms with Crippen LogP contribution in [0.15, 0.2) is 41.4 Å². The van der Waals surface area contributed by atoms with Crippen LogP contribution in [-0.2, 0) is 19.5 Å². The number of phenolic OH excluding ortho intramolecular Hbond substituents is 1. The van der Waals surface area contributed by atoms with E-state index in [4.69, 9.17) is 0 Å². The number of benzene rings is 2. The second-order valence-electron chi connectivity index (χ2n) is 6.20. The van der Waals surface area contributed by atoms with Gasteiger partial charge in [0.05, 0.1) is 6.54 Å². The largest absolute Gasteiger partial charge is 0.508 e. The maximum atomic E-state index is 12.8. The lowest BCUT2D eigenvalue weighted by molar-refractivity contribution is 0.0734. The van der Waals surface area contributed by atoms with E-state index in [-0.39, 0.29) is 11.7 Å². The van der Waals surface area contributed by atoms with Crippen molar-refractivity contribution in [2.24, 2.45) is 4.99 Å². The molecule has 0 aliphatic carbocycles. The van der Waals surface area contributed by atoms with E-state index in [0.29, 0.717) is 25.2 Å². The van der Waals surface area contributed by atoms with Crippen LogP contribution in [0.3, 0.4) is 0 Å². The Morgan fingerprint density at radius 2 is 1.96 bits per heavy atom. The maximum absolute atomic E-state index is 12.8. The molecule has 2 aliphatic heterocycles. The lowest BCUT2D eigenvalue weighted by Crippen LogP contribution is -2.36. The first kappa shape index (κ1) is 14.0. The van der Waals surface area contributed by atoms with E-state index in [1.54, 1.807) is 12.1 Å². The fourth-order valence-corrected chi connectivity index (χ4v) is 3.37. The first-order chi connectivity index (χ1) is 11.1. The Hall–Kier alpha value is -2.62. The van der Waals surface area contributed by atoms with Gasteiger partial charge in [-0.1, -0.05) is 12.1 Å². The lowest BCUT2D eigenvalue weighted by atomic mass is 9.98. The number of amides is 1. The molecule has 2 aromatic carbocycles. The number of aromatic hydroxyl groups is 1. The van der Waals surface area contributed by atoms with Crippen molar-refractivity contribution >= 4 is 11.6 Å². The zero-order chi connectivity index (χ0) is 16.0. The van der Waals surface area contributed by atoms with Gasteiger partial charge in [-0.3, -0.25) is 9.79 Å². The molecule has 4 rings (SSSR count). The summed E-state index contributed by atoms with van der Waals surface area (Å²) in [6.45, 7) is 3.96. The summed E-state index contributed by atoms with van der Waals surface area (Å²) in [6.07, 6.45) is 0.826. The van der Waals surface area contributed by atoms with Gasteiger partial charge in [-0.2, -0.15) is 0 Å². The number of nitrogens with zero attached hydrogens (tertiary/aromatic N) is 2. The first-order valence-corrected chi connectivity index (χ1v) is 7.86. The Morgan fingerprint density at radius 3 is 2.83 bits per heavy atom. The summed E-state index contributed by atoms with van der Waals surface area (Å²) in [4.78, 5) is 19.1. The van der Waals surface area contributed by atoms with Crippen LogP contribution in [0.4, 0.5) is 0 Å². The normalized spacial score (nSPS) is 15.9. The Labute approximate surface area is 135 Å². The van der Waals surface area contributed by atoms with Crippen molar-refractivity contribution in [3.8, 4) is 5.75 Å². The highest BCUT2D eigenvalue weighted by Gasteiger charge is 2.23. The minimum absolute atomic E-state index is 0.0430. The van der Waals surface area contributed by atoms with Gasteiger partial charge >= 0.3 is 0 Å². The molecule has 0 atom stereocenters. The highest BCUT2D eigenvalue weighted by molar-refractivity contribution is 6.04. The SMILES string of the molecule is CC1=NCc2ccc(C(=O)N3CCc4ccc(O)cc4C3)cc21. The van der Waals surface area contributed by atoms with Crippen LogP contribution in [-0.4, -0.2) is 28.2 Å². The highest BCUT2D eigenvalue weighted by Crippen LogP contribution is 2.26. The number of carbonyl (C=O) groups excluding carboxylic acids is 1. The van der Waals surface area contributed by atoms with E-state index in [1.165, 1.54) is 11.1 Å². The van der Waals surface area contributed by atoms with Crippen LogP contribution < -0.4 is 0 Å². The number of fused-ring (bicyclic) bond motifs is 2. The van der Waals surface area contributed by atoms with Crippen molar-refractivity contribution in [1.82, 2.24) is 4.90 Å². The number of hydrogen-bond acceptors (Lipinski definition) is 3. The second-order valence-corrected chi connectivity index (χ2v) is 6.20. The third kappa shape index (κ3) is 2.40. The van der Waals surface area contributed by atoms with Gasteiger partial charge in [0.15, 0.2) is 0 Å². The molecule has 2 aliphatic rings. The van der Waals surface area contributed by atoms with Crippen molar-refractivity contribution in [3.05, 3.63) is 64.2 Å². The van der Waals surface area contributed by atoms with Crippen molar-refractivity contribution in [2.75, 3.05) is 6.54 Å². The molecule has 116 valence electrons. The second kappa shape index (κ2) is 5.23. The standard InChI is InChI=1S/C19H18N2O2/c1-12-18-9-14(2-3-15(18)10-20-12)19(23)21-7-6-13-4-5-17(22)8-16(13)11-21/h2-5,8-9,22H,6-7,10-11H2,1H3. The molecule has 1 amide bonds. The Balaban J connectivity index is 1.61. The van der Waals surface area contributed by atoms with Crippen LogP contribution in [0.2, 0.25) is 0 Å². The predicted octanol–water partition coefficient (Wildman–Crippen LogP) is 2.91. The molecule has 0 fully saturated rings. The van der Waals surface area contributed by atoms with Crippen LogP contribution in [0.5, 0.6) is 5.75 Å². The third-order valence-electron chi connectivity index (χ3n) is 4.72. The van der Waals surface area contributed by atoms with Gasteiger partial charge in [0.2, 0.25) is 0 Å². The molecular weight excluding hydrogens is 288 g/mol. The Kier molecular flexibility index (Phi) is 3.18. The van der Waals surface area contributed by atoms with Crippen LogP contribution in [0, 0.1) is 0 Å². The molecule has 0 saturated carbocycles. The smallest absolute Gasteiger partial charge is 0.254 e. The number of aliphatic imine (C=N–C) groups is 1.